The fourth-order valence-electron chi connectivity index (χ4n) is 4.17. The van der Waals surface area contributed by atoms with E-state index in [1.54, 1.807) is 19.1 Å². The SMILES string of the molecule is Cc1oc2ccc(O)c(CN3CCC[C@H](C)C3)c2c1C(=O)Nc1ccccc1. The number of benzene rings is 2. The summed E-state index contributed by atoms with van der Waals surface area (Å²) in [5.41, 5.74) is 2.62. The van der Waals surface area contributed by atoms with E-state index in [4.69, 9.17) is 4.42 Å². The van der Waals surface area contributed by atoms with Crippen molar-refractivity contribution in [2.45, 2.75) is 33.2 Å². The number of fused-ring (bicyclic) bond motifs is 1. The number of carbonyl (C=O) groups excluding carboxylic acids is 1. The van der Waals surface area contributed by atoms with Gasteiger partial charge in [-0.05, 0) is 56.5 Å². The smallest absolute Gasteiger partial charge is 0.259 e. The van der Waals surface area contributed by atoms with E-state index in [0.29, 0.717) is 34.8 Å². The number of furan rings is 1. The highest BCUT2D eigenvalue weighted by Gasteiger charge is 2.25. The minimum absolute atomic E-state index is 0.209. The van der Waals surface area contributed by atoms with Crippen LogP contribution in [0, 0.1) is 12.8 Å². The molecule has 0 radical (unpaired) electrons. The molecule has 5 nitrogen and oxygen atoms in total. The number of para-hydroxylation sites is 1. The molecule has 0 saturated carbocycles. The average Bonchev–Trinajstić information content (AvgIpc) is 3.01. The first kappa shape index (κ1) is 18.6. The summed E-state index contributed by atoms with van der Waals surface area (Å²) in [6.45, 7) is 6.66. The third-order valence-electron chi connectivity index (χ3n) is 5.50. The number of likely N-dealkylation sites (tertiary alicyclic amines) is 1. The zero-order valence-electron chi connectivity index (χ0n) is 16.4. The highest BCUT2D eigenvalue weighted by atomic mass is 16.3. The number of nitrogens with one attached hydrogen (secondary N) is 1. The van der Waals surface area contributed by atoms with Gasteiger partial charge in [0.2, 0.25) is 0 Å². The third-order valence-corrected chi connectivity index (χ3v) is 5.50. The largest absolute Gasteiger partial charge is 0.508 e. The topological polar surface area (TPSA) is 65.7 Å². The van der Waals surface area contributed by atoms with Crippen molar-refractivity contribution in [1.82, 2.24) is 4.90 Å². The van der Waals surface area contributed by atoms with Crippen molar-refractivity contribution < 1.29 is 14.3 Å². The molecule has 0 bridgehead atoms. The Morgan fingerprint density at radius 3 is 2.79 bits per heavy atom. The molecular weight excluding hydrogens is 352 g/mol. The van der Waals surface area contributed by atoms with Crippen molar-refractivity contribution in [3.05, 3.63) is 59.4 Å². The lowest BCUT2D eigenvalue weighted by Crippen LogP contribution is -2.33. The Hall–Kier alpha value is -2.79. The van der Waals surface area contributed by atoms with Gasteiger partial charge < -0.3 is 14.8 Å². The molecule has 146 valence electrons. The van der Waals surface area contributed by atoms with Gasteiger partial charge in [-0.2, -0.15) is 0 Å². The van der Waals surface area contributed by atoms with Gasteiger partial charge in [-0.3, -0.25) is 9.69 Å². The van der Waals surface area contributed by atoms with E-state index >= 15 is 0 Å². The van der Waals surface area contributed by atoms with Crippen molar-refractivity contribution in [2.75, 3.05) is 18.4 Å². The second-order valence-electron chi connectivity index (χ2n) is 7.77. The molecule has 1 aromatic heterocycles. The predicted molar refractivity (Wildman–Crippen MR) is 111 cm³/mol. The van der Waals surface area contributed by atoms with Gasteiger partial charge in [0.25, 0.3) is 5.91 Å². The lowest BCUT2D eigenvalue weighted by atomic mass is 9.98. The third kappa shape index (κ3) is 3.62. The van der Waals surface area contributed by atoms with Crippen LogP contribution in [0.15, 0.2) is 46.9 Å². The number of carbonyl (C=O) groups is 1. The normalized spacial score (nSPS) is 17.7. The summed E-state index contributed by atoms with van der Waals surface area (Å²) in [6.07, 6.45) is 2.39. The zero-order valence-corrected chi connectivity index (χ0v) is 16.4. The number of aryl methyl sites for hydroxylation is 1. The first-order valence-electron chi connectivity index (χ1n) is 9.85. The van der Waals surface area contributed by atoms with Crippen LogP contribution in [-0.4, -0.2) is 29.0 Å². The molecule has 3 aromatic rings. The molecule has 1 fully saturated rings. The van der Waals surface area contributed by atoms with E-state index in [9.17, 15) is 9.90 Å². The highest BCUT2D eigenvalue weighted by Crippen LogP contribution is 2.35. The maximum Gasteiger partial charge on any atom is 0.259 e. The molecule has 2 heterocycles. The Morgan fingerprint density at radius 1 is 1.25 bits per heavy atom. The van der Waals surface area contributed by atoms with Crippen LogP contribution in [0.5, 0.6) is 5.75 Å². The summed E-state index contributed by atoms with van der Waals surface area (Å²) in [5.74, 6) is 1.19. The Bertz CT molecular complexity index is 994. The van der Waals surface area contributed by atoms with Crippen LogP contribution in [-0.2, 0) is 6.54 Å². The molecule has 0 spiro atoms. The lowest BCUT2D eigenvalue weighted by molar-refractivity contribution is 0.102. The first-order chi connectivity index (χ1) is 13.5. The van der Waals surface area contributed by atoms with Gasteiger partial charge in [-0.25, -0.2) is 0 Å². The number of phenols is 1. The summed E-state index contributed by atoms with van der Waals surface area (Å²) in [6, 6.07) is 12.8. The minimum atomic E-state index is -0.221. The summed E-state index contributed by atoms with van der Waals surface area (Å²) < 4.78 is 5.87. The van der Waals surface area contributed by atoms with E-state index in [-0.39, 0.29) is 11.7 Å². The highest BCUT2D eigenvalue weighted by molar-refractivity contribution is 6.14. The van der Waals surface area contributed by atoms with Crippen LogP contribution in [0.2, 0.25) is 0 Å². The monoisotopic (exact) mass is 378 g/mol. The number of phenolic OH excluding ortho intramolecular Hbond substituents is 1. The number of hydrogen-bond acceptors (Lipinski definition) is 4. The zero-order chi connectivity index (χ0) is 19.7. The van der Waals surface area contributed by atoms with Gasteiger partial charge in [0.05, 0.1) is 5.56 Å². The molecule has 1 aliphatic heterocycles. The molecule has 5 heteroatoms. The fraction of sp³-hybridized carbons (Fsp3) is 0.348. The van der Waals surface area contributed by atoms with Crippen LogP contribution >= 0.6 is 0 Å². The molecule has 2 aromatic carbocycles. The van der Waals surface area contributed by atoms with Crippen LogP contribution < -0.4 is 5.32 Å². The maximum absolute atomic E-state index is 13.1. The molecule has 0 aliphatic carbocycles. The number of nitrogens with zero attached hydrogens (tertiary/aromatic N) is 1. The molecule has 28 heavy (non-hydrogen) atoms. The van der Waals surface area contributed by atoms with Gasteiger partial charge in [0.15, 0.2) is 0 Å². The van der Waals surface area contributed by atoms with Crippen molar-refractivity contribution in [1.29, 1.82) is 0 Å². The van der Waals surface area contributed by atoms with Crippen LogP contribution in [0.3, 0.4) is 0 Å². The number of hydrogen-bond donors (Lipinski definition) is 2. The molecule has 0 unspecified atom stereocenters. The number of amides is 1. The summed E-state index contributed by atoms with van der Waals surface area (Å²) in [4.78, 5) is 15.4. The van der Waals surface area contributed by atoms with Gasteiger partial charge >= 0.3 is 0 Å². The molecule has 1 saturated heterocycles. The standard InChI is InChI=1S/C23H26N2O3/c1-15-7-6-12-25(13-15)14-18-19(26)10-11-20-22(18)21(16(2)28-20)23(27)24-17-8-4-3-5-9-17/h3-5,8-11,15,26H,6-7,12-14H2,1-2H3,(H,24,27)/t15-/m0/s1. The second-order valence-corrected chi connectivity index (χ2v) is 7.77. The van der Waals surface area contributed by atoms with Gasteiger partial charge in [0.1, 0.15) is 17.1 Å². The summed E-state index contributed by atoms with van der Waals surface area (Å²) in [5, 5.41) is 14.3. The molecule has 1 atom stereocenters. The number of anilines is 1. The maximum atomic E-state index is 13.1. The Labute approximate surface area is 165 Å². The Kier molecular flexibility index (Phi) is 5.09. The van der Waals surface area contributed by atoms with Crippen LogP contribution in [0.1, 0.15) is 41.4 Å². The van der Waals surface area contributed by atoms with E-state index in [2.05, 4.69) is 17.1 Å². The molecule has 1 aliphatic rings. The van der Waals surface area contributed by atoms with E-state index < -0.39 is 0 Å². The van der Waals surface area contributed by atoms with Gasteiger partial charge in [-0.15, -0.1) is 0 Å². The predicted octanol–water partition coefficient (Wildman–Crippen LogP) is 4.93. The number of aromatic hydroxyl groups is 1. The van der Waals surface area contributed by atoms with Gasteiger partial charge in [0, 0.05) is 29.7 Å². The lowest BCUT2D eigenvalue weighted by Gasteiger charge is -2.31. The number of rotatable bonds is 4. The Morgan fingerprint density at radius 2 is 2.04 bits per heavy atom. The quantitative estimate of drug-likeness (QED) is 0.675. The molecule has 1 amide bonds. The second kappa shape index (κ2) is 7.68. The Balaban J connectivity index is 1.73. The van der Waals surface area contributed by atoms with E-state index in [1.807, 2.05) is 30.3 Å². The first-order valence-corrected chi connectivity index (χ1v) is 9.85. The van der Waals surface area contributed by atoms with Crippen molar-refractivity contribution >= 4 is 22.6 Å². The summed E-state index contributed by atoms with van der Waals surface area (Å²) >= 11 is 0. The average molecular weight is 378 g/mol. The molecule has 2 N–H and O–H groups in total. The number of piperidine rings is 1. The van der Waals surface area contributed by atoms with Crippen LogP contribution in [0.4, 0.5) is 5.69 Å². The van der Waals surface area contributed by atoms with Gasteiger partial charge in [-0.1, -0.05) is 25.1 Å². The van der Waals surface area contributed by atoms with E-state index in [0.717, 1.165) is 30.8 Å². The van der Waals surface area contributed by atoms with Crippen molar-refractivity contribution in [3.63, 3.8) is 0 Å². The summed E-state index contributed by atoms with van der Waals surface area (Å²) in [7, 11) is 0. The van der Waals surface area contributed by atoms with Crippen molar-refractivity contribution in [2.24, 2.45) is 5.92 Å². The van der Waals surface area contributed by atoms with Crippen molar-refractivity contribution in [3.8, 4) is 5.75 Å². The molecule has 4 rings (SSSR count). The molecular formula is C23H26N2O3. The minimum Gasteiger partial charge on any atom is -0.508 e. The fourth-order valence-corrected chi connectivity index (χ4v) is 4.17. The van der Waals surface area contributed by atoms with Crippen LogP contribution in [0.25, 0.3) is 11.0 Å². The van der Waals surface area contributed by atoms with E-state index in [1.165, 1.54) is 6.42 Å².